The number of benzene rings is 2. The van der Waals surface area contributed by atoms with E-state index in [1.165, 1.54) is 0 Å². The summed E-state index contributed by atoms with van der Waals surface area (Å²) >= 11 is 0. The van der Waals surface area contributed by atoms with Crippen LogP contribution in [0.1, 0.15) is 20.7 Å². The van der Waals surface area contributed by atoms with Crippen LogP contribution in [0, 0.1) is 0 Å². The van der Waals surface area contributed by atoms with Gasteiger partial charge in [-0.1, -0.05) is 0 Å². The average Bonchev–Trinajstić information content (AvgIpc) is 2.66. The van der Waals surface area contributed by atoms with Gasteiger partial charge in [-0.2, -0.15) is 16.8 Å². The van der Waals surface area contributed by atoms with Crippen molar-refractivity contribution in [3.8, 4) is 0 Å². The SMILES string of the molecule is O=C(OCCO)c1cc(S(=O)(=O)O)c2cc(C(=O)OCCO)cc(S(=O)(=O)O)c2c1. The highest BCUT2D eigenvalue weighted by Crippen LogP contribution is 2.32. The number of fused-ring (bicyclic) bond motifs is 1. The Bertz CT molecular complexity index is 1100. The van der Waals surface area contributed by atoms with Crippen LogP contribution in [0.15, 0.2) is 34.1 Å². The first-order valence-electron chi connectivity index (χ1n) is 8.03. The second-order valence-electron chi connectivity index (χ2n) is 5.71. The van der Waals surface area contributed by atoms with E-state index < -0.39 is 90.3 Å². The normalized spacial score (nSPS) is 12.0. The van der Waals surface area contributed by atoms with E-state index in [9.17, 15) is 35.5 Å². The van der Waals surface area contributed by atoms with Crippen LogP contribution in [0.2, 0.25) is 0 Å². The third kappa shape index (κ3) is 5.29. The summed E-state index contributed by atoms with van der Waals surface area (Å²) in [7, 11) is -10.1. The molecule has 0 saturated heterocycles. The number of carbonyl (C=O) groups excluding carboxylic acids is 2. The Morgan fingerprint density at radius 2 is 1.03 bits per heavy atom. The van der Waals surface area contributed by atoms with E-state index in [0.717, 1.165) is 12.1 Å². The number of aliphatic hydroxyl groups excluding tert-OH is 2. The fraction of sp³-hybridized carbons (Fsp3) is 0.250. The van der Waals surface area contributed by atoms with E-state index in [4.69, 9.17) is 10.2 Å². The van der Waals surface area contributed by atoms with E-state index in [0.29, 0.717) is 12.1 Å². The van der Waals surface area contributed by atoms with Crippen LogP contribution in [0.25, 0.3) is 10.8 Å². The number of ether oxygens (including phenoxy) is 2. The second-order valence-corrected chi connectivity index (χ2v) is 8.49. The standard InChI is InChI=1S/C16H16O12S2/c17-1-3-27-15(19)9-5-11-12(13(7-9)29(21,22)23)6-10(16(20)28-4-2-18)8-14(11)30(24,25)26/h5-8,17-18H,1-4H2,(H,21,22,23)(H,24,25,26). The summed E-state index contributed by atoms with van der Waals surface area (Å²) in [4.78, 5) is 22.2. The van der Waals surface area contributed by atoms with Crippen LogP contribution < -0.4 is 0 Å². The molecule has 164 valence electrons. The smallest absolute Gasteiger partial charge is 0.338 e. The largest absolute Gasteiger partial charge is 0.460 e. The summed E-state index contributed by atoms with van der Waals surface area (Å²) < 4.78 is 75.8. The van der Waals surface area contributed by atoms with Crippen molar-refractivity contribution in [3.05, 3.63) is 35.4 Å². The molecule has 0 unspecified atom stereocenters. The molecule has 0 aromatic heterocycles. The molecule has 0 amide bonds. The minimum atomic E-state index is -5.05. The van der Waals surface area contributed by atoms with Gasteiger partial charge in [0.1, 0.15) is 23.0 Å². The molecule has 0 aliphatic rings. The van der Waals surface area contributed by atoms with Gasteiger partial charge in [-0.05, 0) is 24.3 Å². The minimum Gasteiger partial charge on any atom is -0.460 e. The summed E-state index contributed by atoms with van der Waals surface area (Å²) in [5.41, 5.74) is -1.02. The molecule has 30 heavy (non-hydrogen) atoms. The predicted molar refractivity (Wildman–Crippen MR) is 98.3 cm³/mol. The average molecular weight is 464 g/mol. The molecular formula is C16H16O12S2. The van der Waals surface area contributed by atoms with Crippen molar-refractivity contribution >= 4 is 42.9 Å². The molecule has 0 radical (unpaired) electrons. The number of rotatable bonds is 8. The minimum absolute atomic E-state index is 0.446. The van der Waals surface area contributed by atoms with Gasteiger partial charge in [0.15, 0.2) is 0 Å². The maximum atomic E-state index is 12.1. The van der Waals surface area contributed by atoms with E-state index in [1.54, 1.807) is 0 Å². The number of hydrogen-bond acceptors (Lipinski definition) is 10. The van der Waals surface area contributed by atoms with Gasteiger partial charge in [0.25, 0.3) is 20.2 Å². The molecule has 4 N–H and O–H groups in total. The van der Waals surface area contributed by atoms with E-state index in [2.05, 4.69) is 9.47 Å². The maximum absolute atomic E-state index is 12.1. The molecule has 0 atom stereocenters. The lowest BCUT2D eigenvalue weighted by atomic mass is 10.0. The van der Waals surface area contributed by atoms with Crippen LogP contribution in [-0.4, -0.2) is 74.5 Å². The first-order chi connectivity index (χ1) is 13.9. The van der Waals surface area contributed by atoms with Gasteiger partial charge in [0.2, 0.25) is 0 Å². The van der Waals surface area contributed by atoms with Crippen molar-refractivity contribution < 1.29 is 55.2 Å². The molecule has 12 nitrogen and oxygen atoms in total. The summed E-state index contributed by atoms with van der Waals surface area (Å²) in [5.74, 6) is -2.30. The fourth-order valence-electron chi connectivity index (χ4n) is 2.50. The van der Waals surface area contributed by atoms with Crippen molar-refractivity contribution in [2.45, 2.75) is 9.79 Å². The third-order valence-electron chi connectivity index (χ3n) is 3.67. The van der Waals surface area contributed by atoms with Crippen molar-refractivity contribution in [2.75, 3.05) is 26.4 Å². The third-order valence-corrected chi connectivity index (χ3v) is 5.46. The molecule has 0 bridgehead atoms. The van der Waals surface area contributed by atoms with Crippen LogP contribution in [0.4, 0.5) is 0 Å². The lowest BCUT2D eigenvalue weighted by Crippen LogP contribution is -2.13. The van der Waals surface area contributed by atoms with Gasteiger partial charge in [-0.25, -0.2) is 9.59 Å². The maximum Gasteiger partial charge on any atom is 0.338 e. The predicted octanol–water partition coefficient (Wildman–Crippen LogP) is -0.369. The highest BCUT2D eigenvalue weighted by molar-refractivity contribution is 7.86. The van der Waals surface area contributed by atoms with Crippen molar-refractivity contribution in [3.63, 3.8) is 0 Å². The Balaban J connectivity index is 2.91. The molecule has 0 fully saturated rings. The molecule has 2 rings (SSSR count). The monoisotopic (exact) mass is 464 g/mol. The van der Waals surface area contributed by atoms with Gasteiger partial charge < -0.3 is 19.7 Å². The van der Waals surface area contributed by atoms with Gasteiger partial charge in [0.05, 0.1) is 24.3 Å². The molecular weight excluding hydrogens is 448 g/mol. The molecule has 0 spiro atoms. The highest BCUT2D eigenvalue weighted by Gasteiger charge is 2.26. The van der Waals surface area contributed by atoms with Crippen molar-refractivity contribution in [2.24, 2.45) is 0 Å². The van der Waals surface area contributed by atoms with E-state index in [1.807, 2.05) is 0 Å². The lowest BCUT2D eigenvalue weighted by molar-refractivity contribution is 0.0426. The van der Waals surface area contributed by atoms with Gasteiger partial charge >= 0.3 is 11.9 Å². The zero-order valence-electron chi connectivity index (χ0n) is 15.0. The van der Waals surface area contributed by atoms with E-state index in [-0.39, 0.29) is 0 Å². The fourth-order valence-corrected chi connectivity index (χ4v) is 3.95. The number of carbonyl (C=O) groups is 2. The summed E-state index contributed by atoms with van der Waals surface area (Å²) in [6.45, 7) is -1.97. The topological polar surface area (TPSA) is 202 Å². The summed E-state index contributed by atoms with van der Waals surface area (Å²) in [6.07, 6.45) is 0. The Labute approximate surface area is 170 Å². The summed E-state index contributed by atoms with van der Waals surface area (Å²) in [5, 5.41) is 16.4. The second kappa shape index (κ2) is 9.03. The number of aliphatic hydroxyl groups is 2. The highest BCUT2D eigenvalue weighted by atomic mass is 32.2. The zero-order valence-corrected chi connectivity index (χ0v) is 16.6. The Hall–Kier alpha value is -2.62. The Morgan fingerprint density at radius 1 is 0.700 bits per heavy atom. The lowest BCUT2D eigenvalue weighted by Gasteiger charge is -2.13. The van der Waals surface area contributed by atoms with Gasteiger partial charge in [-0.3, -0.25) is 9.11 Å². The molecule has 0 saturated carbocycles. The number of esters is 2. The Kier molecular flexibility index (Phi) is 7.12. The molecule has 0 heterocycles. The van der Waals surface area contributed by atoms with Gasteiger partial charge in [0, 0.05) is 10.8 Å². The molecule has 2 aromatic carbocycles. The zero-order chi connectivity index (χ0) is 22.7. The first kappa shape index (κ1) is 23.7. The van der Waals surface area contributed by atoms with Crippen molar-refractivity contribution in [1.29, 1.82) is 0 Å². The number of hydrogen-bond donors (Lipinski definition) is 4. The molecule has 0 aliphatic heterocycles. The van der Waals surface area contributed by atoms with Crippen LogP contribution in [0.5, 0.6) is 0 Å². The summed E-state index contributed by atoms with van der Waals surface area (Å²) in [6, 6.07) is 3.09. The van der Waals surface area contributed by atoms with Gasteiger partial charge in [-0.15, -0.1) is 0 Å². The van der Waals surface area contributed by atoms with Crippen molar-refractivity contribution in [1.82, 2.24) is 0 Å². The van der Waals surface area contributed by atoms with Crippen LogP contribution >= 0.6 is 0 Å². The molecule has 0 aliphatic carbocycles. The van der Waals surface area contributed by atoms with E-state index >= 15 is 0 Å². The molecule has 2 aromatic rings. The Morgan fingerprint density at radius 3 is 1.30 bits per heavy atom. The quantitative estimate of drug-likeness (QED) is 0.292. The van der Waals surface area contributed by atoms with Crippen LogP contribution in [0.3, 0.4) is 0 Å². The first-order valence-corrected chi connectivity index (χ1v) is 10.9. The van der Waals surface area contributed by atoms with Crippen LogP contribution in [-0.2, 0) is 29.7 Å². The molecule has 14 heteroatoms.